The number of imidazole rings is 1. The smallest absolute Gasteiger partial charge is 0.230 e. The summed E-state index contributed by atoms with van der Waals surface area (Å²) in [6, 6.07) is 0. The standard InChI is InChI=1S/C16H23N5O/c1-10(2)15-18-13-6-5-11(7-14(13)19-15)16(22)21(4)12-8-17-20(3)9-12/h8-11H,5-7H2,1-4H3,(H,18,19)/t11-/m0/s1. The lowest BCUT2D eigenvalue weighted by molar-refractivity contribution is -0.122. The van der Waals surface area contributed by atoms with E-state index in [-0.39, 0.29) is 11.8 Å². The molecule has 0 fully saturated rings. The third-order valence-corrected chi connectivity index (χ3v) is 4.37. The number of carbonyl (C=O) groups excluding carboxylic acids is 1. The van der Waals surface area contributed by atoms with Crippen LogP contribution >= 0.6 is 0 Å². The lowest BCUT2D eigenvalue weighted by Crippen LogP contribution is -2.35. The first-order chi connectivity index (χ1) is 10.5. The zero-order chi connectivity index (χ0) is 15.9. The number of carbonyl (C=O) groups is 1. The maximum absolute atomic E-state index is 12.7. The Labute approximate surface area is 130 Å². The van der Waals surface area contributed by atoms with E-state index in [0.29, 0.717) is 5.92 Å². The molecule has 0 saturated heterocycles. The number of nitrogens with one attached hydrogen (secondary N) is 1. The molecule has 2 aromatic rings. The fourth-order valence-electron chi connectivity index (χ4n) is 2.97. The molecule has 1 amide bonds. The highest BCUT2D eigenvalue weighted by molar-refractivity contribution is 5.94. The van der Waals surface area contributed by atoms with E-state index in [4.69, 9.17) is 0 Å². The molecule has 0 unspecified atom stereocenters. The van der Waals surface area contributed by atoms with E-state index >= 15 is 0 Å². The average Bonchev–Trinajstić information content (AvgIpc) is 3.10. The van der Waals surface area contributed by atoms with Gasteiger partial charge in [-0.2, -0.15) is 5.10 Å². The third kappa shape index (κ3) is 2.65. The summed E-state index contributed by atoms with van der Waals surface area (Å²) in [5.74, 6) is 1.58. The van der Waals surface area contributed by atoms with Crippen LogP contribution in [0.3, 0.4) is 0 Å². The second-order valence-corrected chi connectivity index (χ2v) is 6.41. The van der Waals surface area contributed by atoms with Crippen LogP contribution in [0.1, 0.15) is 43.4 Å². The highest BCUT2D eigenvalue weighted by Crippen LogP contribution is 2.28. The zero-order valence-electron chi connectivity index (χ0n) is 13.6. The number of aryl methyl sites for hydroxylation is 2. The minimum atomic E-state index is 0.0122. The summed E-state index contributed by atoms with van der Waals surface area (Å²) in [6.45, 7) is 4.26. The van der Waals surface area contributed by atoms with Gasteiger partial charge in [0, 0.05) is 44.2 Å². The fourth-order valence-corrected chi connectivity index (χ4v) is 2.97. The van der Waals surface area contributed by atoms with Crippen molar-refractivity contribution < 1.29 is 4.79 Å². The predicted octanol–water partition coefficient (Wildman–Crippen LogP) is 2.03. The first kappa shape index (κ1) is 14.8. The number of anilines is 1. The van der Waals surface area contributed by atoms with Crippen LogP contribution in [-0.4, -0.2) is 32.7 Å². The number of hydrogen-bond acceptors (Lipinski definition) is 3. The number of H-pyrrole nitrogens is 1. The number of nitrogens with zero attached hydrogens (tertiary/aromatic N) is 4. The molecular formula is C16H23N5O. The van der Waals surface area contributed by atoms with Gasteiger partial charge in [-0.1, -0.05) is 13.8 Å². The van der Waals surface area contributed by atoms with Crippen molar-refractivity contribution in [2.75, 3.05) is 11.9 Å². The summed E-state index contributed by atoms with van der Waals surface area (Å²) < 4.78 is 1.71. The summed E-state index contributed by atoms with van der Waals surface area (Å²) in [4.78, 5) is 22.5. The lowest BCUT2D eigenvalue weighted by Gasteiger charge is -2.25. The predicted molar refractivity (Wildman–Crippen MR) is 84.8 cm³/mol. The van der Waals surface area contributed by atoms with Crippen LogP contribution in [-0.2, 0) is 24.7 Å². The van der Waals surface area contributed by atoms with Gasteiger partial charge in [-0.05, 0) is 12.8 Å². The van der Waals surface area contributed by atoms with Gasteiger partial charge in [-0.3, -0.25) is 9.48 Å². The van der Waals surface area contributed by atoms with E-state index in [1.165, 1.54) is 0 Å². The van der Waals surface area contributed by atoms with E-state index in [9.17, 15) is 4.79 Å². The van der Waals surface area contributed by atoms with Crippen molar-refractivity contribution in [1.82, 2.24) is 19.7 Å². The van der Waals surface area contributed by atoms with Crippen LogP contribution in [0.15, 0.2) is 12.4 Å². The molecular weight excluding hydrogens is 278 g/mol. The zero-order valence-corrected chi connectivity index (χ0v) is 13.6. The minimum absolute atomic E-state index is 0.0122. The Bertz CT molecular complexity index is 685. The highest BCUT2D eigenvalue weighted by atomic mass is 16.2. The van der Waals surface area contributed by atoms with Gasteiger partial charge in [0.15, 0.2) is 0 Å². The number of aromatic amines is 1. The molecule has 1 aliphatic carbocycles. The van der Waals surface area contributed by atoms with Crippen LogP contribution in [0.2, 0.25) is 0 Å². The Morgan fingerprint density at radius 2 is 2.27 bits per heavy atom. The molecule has 6 heteroatoms. The van der Waals surface area contributed by atoms with Crippen molar-refractivity contribution in [1.29, 1.82) is 0 Å². The van der Waals surface area contributed by atoms with E-state index in [1.807, 2.05) is 20.3 Å². The van der Waals surface area contributed by atoms with E-state index in [1.54, 1.807) is 15.8 Å². The summed E-state index contributed by atoms with van der Waals surface area (Å²) in [5.41, 5.74) is 3.11. The van der Waals surface area contributed by atoms with Gasteiger partial charge in [0.25, 0.3) is 0 Å². The van der Waals surface area contributed by atoms with Gasteiger partial charge in [-0.15, -0.1) is 0 Å². The maximum Gasteiger partial charge on any atom is 0.230 e. The second kappa shape index (κ2) is 5.59. The van der Waals surface area contributed by atoms with Gasteiger partial charge in [0.1, 0.15) is 5.82 Å². The van der Waals surface area contributed by atoms with Crippen LogP contribution < -0.4 is 4.90 Å². The maximum atomic E-state index is 12.7. The molecule has 6 nitrogen and oxygen atoms in total. The summed E-state index contributed by atoms with van der Waals surface area (Å²) in [7, 11) is 3.67. The highest BCUT2D eigenvalue weighted by Gasteiger charge is 2.30. The Morgan fingerprint density at radius 1 is 1.50 bits per heavy atom. The average molecular weight is 301 g/mol. The van der Waals surface area contributed by atoms with Crippen LogP contribution in [0.5, 0.6) is 0 Å². The molecule has 0 aliphatic heterocycles. The van der Waals surface area contributed by atoms with Gasteiger partial charge in [-0.25, -0.2) is 4.98 Å². The number of aromatic nitrogens is 4. The summed E-state index contributed by atoms with van der Waals surface area (Å²) >= 11 is 0. The van der Waals surface area contributed by atoms with Gasteiger partial charge in [0.05, 0.1) is 17.6 Å². The summed E-state index contributed by atoms with van der Waals surface area (Å²) in [6.07, 6.45) is 6.06. The fraction of sp³-hybridized carbons (Fsp3) is 0.562. The molecule has 3 rings (SSSR count). The Morgan fingerprint density at radius 3 is 2.91 bits per heavy atom. The normalized spacial score (nSPS) is 17.6. The summed E-state index contributed by atoms with van der Waals surface area (Å²) in [5, 5.41) is 4.13. The topological polar surface area (TPSA) is 66.8 Å². The molecule has 1 atom stereocenters. The SMILES string of the molecule is CC(C)c1nc2c([nH]1)C[C@@H](C(=O)N(C)c1cnn(C)c1)CC2. The molecule has 0 saturated carbocycles. The van der Waals surface area contributed by atoms with Gasteiger partial charge >= 0.3 is 0 Å². The minimum Gasteiger partial charge on any atom is -0.345 e. The number of hydrogen-bond donors (Lipinski definition) is 1. The molecule has 1 N–H and O–H groups in total. The third-order valence-electron chi connectivity index (χ3n) is 4.37. The Kier molecular flexibility index (Phi) is 3.76. The van der Waals surface area contributed by atoms with Crippen molar-refractivity contribution in [3.05, 3.63) is 29.6 Å². The van der Waals surface area contributed by atoms with Crippen LogP contribution in [0.4, 0.5) is 5.69 Å². The van der Waals surface area contributed by atoms with Crippen molar-refractivity contribution >= 4 is 11.6 Å². The lowest BCUT2D eigenvalue weighted by atomic mass is 9.89. The molecule has 1 aliphatic rings. The van der Waals surface area contributed by atoms with Gasteiger partial charge in [0.2, 0.25) is 5.91 Å². The molecule has 0 aromatic carbocycles. The molecule has 2 heterocycles. The molecule has 0 spiro atoms. The quantitative estimate of drug-likeness (QED) is 0.943. The van der Waals surface area contributed by atoms with E-state index in [0.717, 1.165) is 42.2 Å². The van der Waals surface area contributed by atoms with Crippen LogP contribution in [0.25, 0.3) is 0 Å². The molecule has 2 aromatic heterocycles. The van der Waals surface area contributed by atoms with Crippen molar-refractivity contribution in [2.24, 2.45) is 13.0 Å². The van der Waals surface area contributed by atoms with Crippen molar-refractivity contribution in [3.8, 4) is 0 Å². The molecule has 0 bridgehead atoms. The largest absolute Gasteiger partial charge is 0.345 e. The second-order valence-electron chi connectivity index (χ2n) is 6.41. The Hall–Kier alpha value is -2.11. The first-order valence-corrected chi connectivity index (χ1v) is 7.79. The number of rotatable bonds is 3. The molecule has 0 radical (unpaired) electrons. The number of amides is 1. The Balaban J connectivity index is 1.74. The van der Waals surface area contributed by atoms with Crippen molar-refractivity contribution in [2.45, 2.75) is 39.0 Å². The van der Waals surface area contributed by atoms with E-state index < -0.39 is 0 Å². The number of fused-ring (bicyclic) bond motifs is 1. The monoisotopic (exact) mass is 301 g/mol. The molecule has 22 heavy (non-hydrogen) atoms. The van der Waals surface area contributed by atoms with Crippen LogP contribution in [0, 0.1) is 5.92 Å². The first-order valence-electron chi connectivity index (χ1n) is 7.79. The van der Waals surface area contributed by atoms with Gasteiger partial charge < -0.3 is 9.88 Å². The van der Waals surface area contributed by atoms with E-state index in [2.05, 4.69) is 28.9 Å². The molecule has 118 valence electrons. The van der Waals surface area contributed by atoms with Crippen molar-refractivity contribution in [3.63, 3.8) is 0 Å².